The van der Waals surface area contributed by atoms with E-state index in [9.17, 15) is 31.1 Å². The fraction of sp³-hybridized carbons (Fsp3) is 0.188. The van der Waals surface area contributed by atoms with E-state index in [2.05, 4.69) is 18.9 Å². The summed E-state index contributed by atoms with van der Waals surface area (Å²) in [4.78, 5) is 11.6. The third-order valence-corrected chi connectivity index (χ3v) is 3.59. The zero-order valence-electron chi connectivity index (χ0n) is 13.9. The molecule has 3 rings (SSSR count). The van der Waals surface area contributed by atoms with Gasteiger partial charge in [-0.15, -0.1) is 22.0 Å². The monoisotopic (exact) mass is 444 g/mol. The maximum Gasteiger partial charge on any atom is 0.586 e. The molecule has 0 aromatic heterocycles. The standard InChI is InChI=1S/C16H7ClF6O6/c1-25-13-8(3-2-7(12(13)18)27-15(19,20)21)26-9-5-11-10(4-6(9)14(17)24)28-16(22,23)29-11/h2-5H,1H3. The minimum atomic E-state index is -5.17. The number of benzene rings is 2. The molecule has 13 heteroatoms. The Morgan fingerprint density at radius 2 is 1.66 bits per heavy atom. The van der Waals surface area contributed by atoms with Gasteiger partial charge in [-0.2, -0.15) is 4.39 Å². The topological polar surface area (TPSA) is 63.2 Å². The highest BCUT2D eigenvalue weighted by Gasteiger charge is 2.44. The summed E-state index contributed by atoms with van der Waals surface area (Å²) in [5, 5.41) is -1.15. The van der Waals surface area contributed by atoms with Crippen LogP contribution in [0.5, 0.6) is 34.5 Å². The van der Waals surface area contributed by atoms with E-state index in [1.807, 2.05) is 0 Å². The lowest BCUT2D eigenvalue weighted by molar-refractivity contribution is -0.286. The van der Waals surface area contributed by atoms with Gasteiger partial charge >= 0.3 is 12.7 Å². The van der Waals surface area contributed by atoms with Crippen LogP contribution in [-0.2, 0) is 0 Å². The van der Waals surface area contributed by atoms with Crippen LogP contribution in [0, 0.1) is 5.82 Å². The van der Waals surface area contributed by atoms with Crippen LogP contribution >= 0.6 is 11.6 Å². The molecule has 6 nitrogen and oxygen atoms in total. The van der Waals surface area contributed by atoms with Crippen molar-refractivity contribution in [3.63, 3.8) is 0 Å². The van der Waals surface area contributed by atoms with E-state index in [0.29, 0.717) is 6.07 Å². The quantitative estimate of drug-likeness (QED) is 0.465. The maximum absolute atomic E-state index is 14.3. The lowest BCUT2D eigenvalue weighted by Crippen LogP contribution is -2.25. The van der Waals surface area contributed by atoms with Crippen molar-refractivity contribution < 1.29 is 54.8 Å². The van der Waals surface area contributed by atoms with Crippen molar-refractivity contribution in [3.8, 4) is 34.5 Å². The third kappa shape index (κ3) is 4.36. The van der Waals surface area contributed by atoms with E-state index in [1.54, 1.807) is 0 Å². The van der Waals surface area contributed by atoms with Crippen LogP contribution in [0.25, 0.3) is 0 Å². The van der Waals surface area contributed by atoms with E-state index < -0.39 is 63.8 Å². The summed E-state index contributed by atoms with van der Waals surface area (Å²) in [5.74, 6) is -5.62. The number of alkyl halides is 5. The lowest BCUT2D eigenvalue weighted by atomic mass is 10.2. The first-order chi connectivity index (χ1) is 13.4. The van der Waals surface area contributed by atoms with Crippen molar-refractivity contribution in [2.45, 2.75) is 12.7 Å². The molecule has 0 saturated carbocycles. The lowest BCUT2D eigenvalue weighted by Gasteiger charge is -2.16. The summed E-state index contributed by atoms with van der Waals surface area (Å²) >= 11 is 5.40. The van der Waals surface area contributed by atoms with Gasteiger partial charge in [0.1, 0.15) is 5.75 Å². The first-order valence-electron chi connectivity index (χ1n) is 7.34. The van der Waals surface area contributed by atoms with Crippen LogP contribution in [0.4, 0.5) is 26.3 Å². The molecule has 29 heavy (non-hydrogen) atoms. The Morgan fingerprint density at radius 1 is 1.07 bits per heavy atom. The normalized spacial score (nSPS) is 14.5. The van der Waals surface area contributed by atoms with Crippen LogP contribution in [0.1, 0.15) is 10.4 Å². The van der Waals surface area contributed by atoms with Gasteiger partial charge in [0.2, 0.25) is 11.6 Å². The summed E-state index contributed by atoms with van der Waals surface area (Å²) in [5.41, 5.74) is -0.468. The van der Waals surface area contributed by atoms with Gasteiger partial charge in [0, 0.05) is 12.1 Å². The molecule has 0 radical (unpaired) electrons. The molecule has 0 spiro atoms. The number of ether oxygens (including phenoxy) is 5. The zero-order valence-corrected chi connectivity index (χ0v) is 14.7. The van der Waals surface area contributed by atoms with Crippen molar-refractivity contribution in [2.24, 2.45) is 0 Å². The van der Waals surface area contributed by atoms with Crippen molar-refractivity contribution in [1.82, 2.24) is 0 Å². The van der Waals surface area contributed by atoms with Crippen molar-refractivity contribution in [3.05, 3.63) is 35.6 Å². The number of hydrogen-bond acceptors (Lipinski definition) is 6. The Bertz CT molecular complexity index is 977. The minimum absolute atomic E-state index is 0.468. The SMILES string of the molecule is COc1c(Oc2cc3c(cc2C(=O)Cl)OC(F)(F)O3)ccc(OC(F)(F)F)c1F. The Kier molecular flexibility index (Phi) is 5.07. The molecule has 2 aromatic rings. The van der Waals surface area contributed by atoms with Crippen LogP contribution in [-0.4, -0.2) is 25.0 Å². The van der Waals surface area contributed by atoms with E-state index in [4.69, 9.17) is 16.3 Å². The molecule has 156 valence electrons. The second kappa shape index (κ2) is 7.10. The Morgan fingerprint density at radius 3 is 2.21 bits per heavy atom. The highest BCUT2D eigenvalue weighted by atomic mass is 35.5. The third-order valence-electron chi connectivity index (χ3n) is 3.39. The van der Waals surface area contributed by atoms with E-state index in [0.717, 1.165) is 25.3 Å². The molecule has 1 heterocycles. The van der Waals surface area contributed by atoms with Crippen LogP contribution in [0.2, 0.25) is 0 Å². The van der Waals surface area contributed by atoms with E-state index in [1.165, 1.54) is 0 Å². The van der Waals surface area contributed by atoms with Gasteiger partial charge < -0.3 is 23.7 Å². The van der Waals surface area contributed by atoms with Gasteiger partial charge in [0.15, 0.2) is 23.0 Å². The first kappa shape index (κ1) is 20.7. The summed E-state index contributed by atoms with van der Waals surface area (Å²) in [6, 6.07) is 3.03. The maximum atomic E-state index is 14.3. The Hall–Kier alpha value is -3.02. The number of hydrogen-bond donors (Lipinski definition) is 0. The number of halogens is 7. The number of rotatable bonds is 5. The highest BCUT2D eigenvalue weighted by Crippen LogP contribution is 2.47. The van der Waals surface area contributed by atoms with Crippen LogP contribution in [0.15, 0.2) is 24.3 Å². The molecule has 0 N–H and O–H groups in total. The van der Waals surface area contributed by atoms with E-state index in [-0.39, 0.29) is 0 Å². The highest BCUT2D eigenvalue weighted by molar-refractivity contribution is 6.68. The Labute approximate surface area is 162 Å². The summed E-state index contributed by atoms with van der Waals surface area (Å²) < 4.78 is 99.6. The number of methoxy groups -OCH3 is 1. The van der Waals surface area contributed by atoms with E-state index >= 15 is 0 Å². The Balaban J connectivity index is 2.02. The predicted octanol–water partition coefficient (Wildman–Crippen LogP) is 5.23. The molecule has 1 aliphatic rings. The summed E-state index contributed by atoms with van der Waals surface area (Å²) in [6.45, 7) is 0. The van der Waals surface area contributed by atoms with Crippen LogP contribution in [0.3, 0.4) is 0 Å². The van der Waals surface area contributed by atoms with Crippen molar-refractivity contribution >= 4 is 16.8 Å². The molecule has 1 aliphatic heterocycles. The van der Waals surface area contributed by atoms with Gasteiger partial charge in [0.25, 0.3) is 5.24 Å². The van der Waals surface area contributed by atoms with Gasteiger partial charge in [-0.1, -0.05) is 0 Å². The van der Waals surface area contributed by atoms with Gasteiger partial charge in [0.05, 0.1) is 12.7 Å². The van der Waals surface area contributed by atoms with Gasteiger partial charge in [-0.3, -0.25) is 4.79 Å². The number of carbonyl (C=O) groups excluding carboxylic acids is 1. The fourth-order valence-electron chi connectivity index (χ4n) is 2.33. The number of fused-ring (bicyclic) bond motifs is 1. The zero-order chi connectivity index (χ0) is 21.6. The smallest absolute Gasteiger partial charge is 0.490 e. The van der Waals surface area contributed by atoms with Crippen molar-refractivity contribution in [1.29, 1.82) is 0 Å². The second-order valence-corrected chi connectivity index (χ2v) is 5.64. The molecule has 0 aliphatic carbocycles. The average molecular weight is 445 g/mol. The molecular weight excluding hydrogens is 438 g/mol. The molecule has 0 atom stereocenters. The molecule has 2 aromatic carbocycles. The first-order valence-corrected chi connectivity index (χ1v) is 7.72. The summed E-state index contributed by atoms with van der Waals surface area (Å²) in [6.07, 6.45) is -9.18. The molecule has 0 fully saturated rings. The number of carbonyl (C=O) groups is 1. The summed E-state index contributed by atoms with van der Waals surface area (Å²) in [7, 11) is 0.927. The van der Waals surface area contributed by atoms with Crippen LogP contribution < -0.4 is 23.7 Å². The molecule has 0 saturated heterocycles. The molecular formula is C16H7ClF6O6. The molecule has 0 unspecified atom stereocenters. The predicted molar refractivity (Wildman–Crippen MR) is 82.5 cm³/mol. The molecule has 0 bridgehead atoms. The van der Waals surface area contributed by atoms with Crippen molar-refractivity contribution in [2.75, 3.05) is 7.11 Å². The fourth-order valence-corrected chi connectivity index (χ4v) is 2.48. The molecule has 0 amide bonds. The second-order valence-electron chi connectivity index (χ2n) is 5.30. The average Bonchev–Trinajstić information content (AvgIpc) is 2.88. The largest absolute Gasteiger partial charge is 0.586 e. The van der Waals surface area contributed by atoms with Gasteiger partial charge in [-0.05, 0) is 23.7 Å². The van der Waals surface area contributed by atoms with Gasteiger partial charge in [-0.25, -0.2) is 0 Å². The minimum Gasteiger partial charge on any atom is -0.490 e.